The van der Waals surface area contributed by atoms with E-state index in [0.29, 0.717) is 18.0 Å². The molecule has 21 heavy (non-hydrogen) atoms. The second-order valence-corrected chi connectivity index (χ2v) is 6.54. The Hall–Kier alpha value is -1.46. The molecule has 4 nitrogen and oxygen atoms in total. The van der Waals surface area contributed by atoms with E-state index in [0.717, 1.165) is 33.9 Å². The second-order valence-electron chi connectivity index (χ2n) is 5.63. The first-order valence-electron chi connectivity index (χ1n) is 7.16. The van der Waals surface area contributed by atoms with Gasteiger partial charge in [-0.1, -0.05) is 22.0 Å². The molecule has 3 N–H and O–H groups in total. The highest BCUT2D eigenvalue weighted by molar-refractivity contribution is 9.10. The SMILES string of the molecule is Cc1cc(C(=O)NC(CN)C2CC2)c2ccc(Br)cc2n1. The number of halogens is 1. The molecule has 0 saturated heterocycles. The number of benzene rings is 1. The number of nitrogens with two attached hydrogens (primary N) is 1. The molecule has 1 unspecified atom stereocenters. The van der Waals surface area contributed by atoms with Crippen molar-refractivity contribution in [3.63, 3.8) is 0 Å². The molecular weight excluding hydrogens is 330 g/mol. The van der Waals surface area contributed by atoms with Gasteiger partial charge < -0.3 is 11.1 Å². The minimum absolute atomic E-state index is 0.0600. The van der Waals surface area contributed by atoms with Crippen molar-refractivity contribution in [2.45, 2.75) is 25.8 Å². The van der Waals surface area contributed by atoms with Crippen LogP contribution in [0.4, 0.5) is 0 Å². The van der Waals surface area contributed by atoms with Crippen LogP contribution in [0.5, 0.6) is 0 Å². The molecule has 1 fully saturated rings. The summed E-state index contributed by atoms with van der Waals surface area (Å²) < 4.78 is 0.956. The number of aryl methyl sites for hydroxylation is 1. The quantitative estimate of drug-likeness (QED) is 0.893. The largest absolute Gasteiger partial charge is 0.348 e. The highest BCUT2D eigenvalue weighted by Crippen LogP contribution is 2.32. The fourth-order valence-corrected chi connectivity index (χ4v) is 2.98. The number of fused-ring (bicyclic) bond motifs is 1. The van der Waals surface area contributed by atoms with Gasteiger partial charge in [-0.25, -0.2) is 0 Å². The zero-order valence-corrected chi connectivity index (χ0v) is 13.5. The number of carbonyl (C=O) groups is 1. The zero-order valence-electron chi connectivity index (χ0n) is 11.9. The summed E-state index contributed by atoms with van der Waals surface area (Å²) in [5.74, 6) is 0.484. The van der Waals surface area contributed by atoms with Gasteiger partial charge in [-0.05, 0) is 43.9 Å². The number of nitrogens with zero attached hydrogens (tertiary/aromatic N) is 1. The van der Waals surface area contributed by atoms with Crippen LogP contribution in [0.15, 0.2) is 28.7 Å². The van der Waals surface area contributed by atoms with Crippen LogP contribution >= 0.6 is 15.9 Å². The van der Waals surface area contributed by atoms with Gasteiger partial charge in [-0.3, -0.25) is 9.78 Å². The van der Waals surface area contributed by atoms with Crippen LogP contribution in [-0.4, -0.2) is 23.5 Å². The van der Waals surface area contributed by atoms with E-state index in [-0.39, 0.29) is 11.9 Å². The fraction of sp³-hybridized carbons (Fsp3) is 0.375. The maximum atomic E-state index is 12.6. The molecule has 1 aromatic carbocycles. The molecule has 2 aromatic rings. The van der Waals surface area contributed by atoms with Gasteiger partial charge in [0.1, 0.15) is 0 Å². The molecule has 1 heterocycles. The third-order valence-corrected chi connectivity index (χ3v) is 4.40. The highest BCUT2D eigenvalue weighted by atomic mass is 79.9. The van der Waals surface area contributed by atoms with Gasteiger partial charge in [0.25, 0.3) is 5.91 Å². The number of pyridine rings is 1. The first-order chi connectivity index (χ1) is 10.1. The molecule has 110 valence electrons. The Balaban J connectivity index is 1.96. The lowest BCUT2D eigenvalue weighted by molar-refractivity contribution is 0.0935. The molecule has 0 spiro atoms. The number of aromatic nitrogens is 1. The van der Waals surface area contributed by atoms with Crippen LogP contribution < -0.4 is 11.1 Å². The minimum Gasteiger partial charge on any atom is -0.348 e. The summed E-state index contributed by atoms with van der Waals surface area (Å²) in [5.41, 5.74) is 8.10. The fourth-order valence-electron chi connectivity index (χ4n) is 2.64. The van der Waals surface area contributed by atoms with Crippen molar-refractivity contribution in [3.05, 3.63) is 40.0 Å². The molecule has 3 rings (SSSR count). The van der Waals surface area contributed by atoms with Crippen molar-refractivity contribution >= 4 is 32.7 Å². The van der Waals surface area contributed by atoms with E-state index in [9.17, 15) is 4.79 Å². The standard InChI is InChI=1S/C16H18BrN3O/c1-9-6-13(12-5-4-11(17)7-14(12)19-9)16(21)20-15(8-18)10-2-3-10/h4-7,10,15H,2-3,8,18H2,1H3,(H,20,21). The molecule has 5 heteroatoms. The first-order valence-corrected chi connectivity index (χ1v) is 7.95. The third kappa shape index (κ3) is 3.09. The van der Waals surface area contributed by atoms with E-state index >= 15 is 0 Å². The lowest BCUT2D eigenvalue weighted by Crippen LogP contribution is -2.41. The van der Waals surface area contributed by atoms with E-state index < -0.39 is 0 Å². The number of amides is 1. The van der Waals surface area contributed by atoms with E-state index in [2.05, 4.69) is 26.2 Å². The molecule has 1 aromatic heterocycles. The van der Waals surface area contributed by atoms with Crippen molar-refractivity contribution in [2.75, 3.05) is 6.54 Å². The average molecular weight is 348 g/mol. The summed E-state index contributed by atoms with van der Waals surface area (Å²) in [6.45, 7) is 2.39. The maximum Gasteiger partial charge on any atom is 0.252 e. The summed E-state index contributed by atoms with van der Waals surface area (Å²) >= 11 is 3.44. The molecular formula is C16H18BrN3O. The van der Waals surface area contributed by atoms with Gasteiger partial charge in [0.05, 0.1) is 11.1 Å². The van der Waals surface area contributed by atoms with Gasteiger partial charge in [-0.15, -0.1) is 0 Å². The summed E-state index contributed by atoms with van der Waals surface area (Å²) in [4.78, 5) is 17.1. The topological polar surface area (TPSA) is 68.0 Å². The Bertz CT molecular complexity index is 692. The molecule has 0 aliphatic heterocycles. The van der Waals surface area contributed by atoms with Crippen LogP contribution in [-0.2, 0) is 0 Å². The summed E-state index contributed by atoms with van der Waals surface area (Å²) in [6.07, 6.45) is 2.32. The summed E-state index contributed by atoms with van der Waals surface area (Å²) in [5, 5.41) is 3.94. The predicted octanol–water partition coefficient (Wildman–Crippen LogP) is 2.77. The van der Waals surface area contributed by atoms with Crippen LogP contribution in [0.2, 0.25) is 0 Å². The molecule has 1 saturated carbocycles. The molecule has 1 aliphatic carbocycles. The van der Waals surface area contributed by atoms with Gasteiger partial charge in [0.15, 0.2) is 0 Å². The number of hydrogen-bond donors (Lipinski definition) is 2. The first kappa shape index (κ1) is 14.5. The minimum atomic E-state index is -0.0600. The monoisotopic (exact) mass is 347 g/mol. The molecule has 1 atom stereocenters. The van der Waals surface area contributed by atoms with E-state index in [1.54, 1.807) is 0 Å². The molecule has 1 amide bonds. The Morgan fingerprint density at radius 1 is 1.48 bits per heavy atom. The average Bonchev–Trinajstić information content (AvgIpc) is 3.27. The van der Waals surface area contributed by atoms with Crippen molar-refractivity contribution in [1.29, 1.82) is 0 Å². The highest BCUT2D eigenvalue weighted by Gasteiger charge is 2.31. The van der Waals surface area contributed by atoms with Crippen molar-refractivity contribution in [2.24, 2.45) is 11.7 Å². The number of carbonyl (C=O) groups excluding carboxylic acids is 1. The summed E-state index contributed by atoms with van der Waals surface area (Å²) in [7, 11) is 0. The van der Waals surface area contributed by atoms with Crippen LogP contribution in [0.3, 0.4) is 0 Å². The van der Waals surface area contributed by atoms with E-state index in [1.165, 1.54) is 0 Å². The van der Waals surface area contributed by atoms with Gasteiger partial charge in [0.2, 0.25) is 0 Å². The molecule has 0 bridgehead atoms. The Morgan fingerprint density at radius 3 is 2.90 bits per heavy atom. The maximum absolute atomic E-state index is 12.6. The van der Waals surface area contributed by atoms with Crippen LogP contribution in [0.25, 0.3) is 10.9 Å². The number of nitrogens with one attached hydrogen (secondary N) is 1. The zero-order chi connectivity index (χ0) is 15.0. The number of hydrogen-bond acceptors (Lipinski definition) is 3. The third-order valence-electron chi connectivity index (χ3n) is 3.91. The Morgan fingerprint density at radius 2 is 2.24 bits per heavy atom. The predicted molar refractivity (Wildman–Crippen MR) is 87.2 cm³/mol. The van der Waals surface area contributed by atoms with E-state index in [4.69, 9.17) is 5.73 Å². The summed E-state index contributed by atoms with van der Waals surface area (Å²) in [6, 6.07) is 7.70. The Labute approximate surface area is 132 Å². The van der Waals surface area contributed by atoms with Crippen LogP contribution in [0.1, 0.15) is 28.9 Å². The smallest absolute Gasteiger partial charge is 0.252 e. The van der Waals surface area contributed by atoms with Gasteiger partial charge in [-0.2, -0.15) is 0 Å². The normalized spacial score (nSPS) is 16.0. The second kappa shape index (κ2) is 5.73. The lowest BCUT2D eigenvalue weighted by Gasteiger charge is -2.17. The van der Waals surface area contributed by atoms with Crippen molar-refractivity contribution in [1.82, 2.24) is 10.3 Å². The van der Waals surface area contributed by atoms with Gasteiger partial charge >= 0.3 is 0 Å². The van der Waals surface area contributed by atoms with Crippen molar-refractivity contribution in [3.8, 4) is 0 Å². The molecule has 1 aliphatic rings. The lowest BCUT2D eigenvalue weighted by atomic mass is 10.1. The Kier molecular flexibility index (Phi) is 3.95. The molecule has 0 radical (unpaired) electrons. The van der Waals surface area contributed by atoms with Crippen LogP contribution in [0, 0.1) is 12.8 Å². The number of rotatable bonds is 4. The van der Waals surface area contributed by atoms with Crippen molar-refractivity contribution < 1.29 is 4.79 Å². The van der Waals surface area contributed by atoms with E-state index in [1.807, 2.05) is 31.2 Å². The van der Waals surface area contributed by atoms with Gasteiger partial charge in [0, 0.05) is 28.1 Å².